The predicted octanol–water partition coefficient (Wildman–Crippen LogP) is 1.70. The van der Waals surface area contributed by atoms with Crippen molar-refractivity contribution < 1.29 is 9.59 Å². The minimum Gasteiger partial charge on any atom is -0.353 e. The lowest BCUT2D eigenvalue weighted by Crippen LogP contribution is -2.34. The molecule has 1 aromatic rings. The van der Waals surface area contributed by atoms with Gasteiger partial charge >= 0.3 is 0 Å². The molecule has 0 radical (unpaired) electrons. The third-order valence-corrected chi connectivity index (χ3v) is 2.41. The number of nitrogens with zero attached hydrogens (tertiary/aromatic N) is 1. The van der Waals surface area contributed by atoms with E-state index in [1.807, 2.05) is 19.9 Å². The van der Waals surface area contributed by atoms with E-state index in [0.717, 1.165) is 0 Å². The third-order valence-electron chi connectivity index (χ3n) is 2.07. The van der Waals surface area contributed by atoms with Crippen molar-refractivity contribution >= 4 is 29.6 Å². The molecule has 1 rings (SSSR count). The zero-order valence-electron chi connectivity index (χ0n) is 10.8. The SMILES string of the molecule is CC(C)NC(=O)CC(=O)N/N=C/c1ccccc1Cl. The second kappa shape index (κ2) is 7.53. The number of carbonyl (C=O) groups is 2. The minimum atomic E-state index is -0.471. The smallest absolute Gasteiger partial charge is 0.249 e. The van der Waals surface area contributed by atoms with Gasteiger partial charge in [-0.05, 0) is 19.9 Å². The van der Waals surface area contributed by atoms with Crippen LogP contribution in [0.1, 0.15) is 25.8 Å². The average molecular weight is 282 g/mol. The predicted molar refractivity (Wildman–Crippen MR) is 75.1 cm³/mol. The zero-order valence-corrected chi connectivity index (χ0v) is 11.6. The molecule has 0 aliphatic heterocycles. The van der Waals surface area contributed by atoms with E-state index in [2.05, 4.69) is 15.8 Å². The lowest BCUT2D eigenvalue weighted by molar-refractivity contribution is -0.129. The number of rotatable bonds is 5. The van der Waals surface area contributed by atoms with Crippen molar-refractivity contribution in [1.82, 2.24) is 10.7 Å². The molecule has 1 aromatic carbocycles. The van der Waals surface area contributed by atoms with E-state index >= 15 is 0 Å². The van der Waals surface area contributed by atoms with Gasteiger partial charge in [0.05, 0.1) is 6.21 Å². The number of hydrogen-bond acceptors (Lipinski definition) is 3. The van der Waals surface area contributed by atoms with Crippen molar-refractivity contribution in [2.45, 2.75) is 26.3 Å². The van der Waals surface area contributed by atoms with Crippen LogP contribution in [0.2, 0.25) is 5.02 Å². The van der Waals surface area contributed by atoms with Crippen LogP contribution in [-0.4, -0.2) is 24.1 Å². The number of hydrogen-bond donors (Lipinski definition) is 2. The maximum Gasteiger partial charge on any atom is 0.249 e. The summed E-state index contributed by atoms with van der Waals surface area (Å²) in [7, 11) is 0. The summed E-state index contributed by atoms with van der Waals surface area (Å²) in [4.78, 5) is 22.7. The molecule has 0 aliphatic carbocycles. The number of benzene rings is 1. The molecule has 0 spiro atoms. The van der Waals surface area contributed by atoms with Crippen molar-refractivity contribution in [1.29, 1.82) is 0 Å². The first kappa shape index (κ1) is 15.2. The molecule has 0 unspecified atom stereocenters. The van der Waals surface area contributed by atoms with Crippen molar-refractivity contribution in [3.05, 3.63) is 34.9 Å². The Labute approximate surface area is 117 Å². The van der Waals surface area contributed by atoms with Gasteiger partial charge < -0.3 is 5.32 Å². The van der Waals surface area contributed by atoms with Gasteiger partial charge in [0.25, 0.3) is 0 Å². The summed E-state index contributed by atoms with van der Waals surface area (Å²) in [5.74, 6) is -0.804. The Hall–Kier alpha value is -1.88. The zero-order chi connectivity index (χ0) is 14.3. The van der Waals surface area contributed by atoms with Crippen LogP contribution in [-0.2, 0) is 9.59 Å². The molecule has 0 aliphatic rings. The summed E-state index contributed by atoms with van der Waals surface area (Å²) < 4.78 is 0. The molecule has 6 heteroatoms. The van der Waals surface area contributed by atoms with E-state index in [0.29, 0.717) is 10.6 Å². The standard InChI is InChI=1S/C13H16ClN3O2/c1-9(2)16-12(18)7-13(19)17-15-8-10-5-3-4-6-11(10)14/h3-6,8-9H,7H2,1-2H3,(H,16,18)(H,17,19)/b15-8+. The Morgan fingerprint density at radius 3 is 2.63 bits per heavy atom. The number of halogens is 1. The summed E-state index contributed by atoms with van der Waals surface area (Å²) in [5, 5.41) is 6.90. The maximum absolute atomic E-state index is 11.4. The molecule has 0 bridgehead atoms. The largest absolute Gasteiger partial charge is 0.353 e. The van der Waals surface area contributed by atoms with Gasteiger partial charge in [0, 0.05) is 16.6 Å². The number of hydrazone groups is 1. The Bertz CT molecular complexity index is 487. The highest BCUT2D eigenvalue weighted by Gasteiger charge is 2.09. The quantitative estimate of drug-likeness (QED) is 0.490. The van der Waals surface area contributed by atoms with Gasteiger partial charge in [-0.25, -0.2) is 5.43 Å². The maximum atomic E-state index is 11.4. The molecule has 5 nitrogen and oxygen atoms in total. The van der Waals surface area contributed by atoms with Gasteiger partial charge in [0.1, 0.15) is 6.42 Å². The van der Waals surface area contributed by atoms with Gasteiger partial charge in [0.15, 0.2) is 0 Å². The number of carbonyl (C=O) groups excluding carboxylic acids is 2. The van der Waals surface area contributed by atoms with E-state index in [9.17, 15) is 9.59 Å². The molecule has 0 saturated carbocycles. The molecular weight excluding hydrogens is 266 g/mol. The van der Waals surface area contributed by atoms with Crippen molar-refractivity contribution in [3.63, 3.8) is 0 Å². The Morgan fingerprint density at radius 2 is 2.00 bits per heavy atom. The monoisotopic (exact) mass is 281 g/mol. The molecule has 0 heterocycles. The lowest BCUT2D eigenvalue weighted by atomic mass is 10.2. The third kappa shape index (κ3) is 6.01. The van der Waals surface area contributed by atoms with Crippen LogP contribution >= 0.6 is 11.6 Å². The summed E-state index contributed by atoms with van der Waals surface area (Å²) in [6.45, 7) is 3.65. The molecule has 102 valence electrons. The molecule has 2 N–H and O–H groups in total. The first-order valence-electron chi connectivity index (χ1n) is 5.85. The van der Waals surface area contributed by atoms with Gasteiger partial charge in [-0.2, -0.15) is 5.10 Å². The molecule has 0 atom stereocenters. The number of nitrogens with one attached hydrogen (secondary N) is 2. The van der Waals surface area contributed by atoms with Gasteiger partial charge in [-0.1, -0.05) is 29.8 Å². The average Bonchev–Trinajstić information content (AvgIpc) is 2.30. The highest BCUT2D eigenvalue weighted by Crippen LogP contribution is 2.11. The van der Waals surface area contributed by atoms with Crippen LogP contribution < -0.4 is 10.7 Å². The highest BCUT2D eigenvalue weighted by molar-refractivity contribution is 6.33. The second-order valence-corrected chi connectivity index (χ2v) is 4.62. The fourth-order valence-corrected chi connectivity index (χ4v) is 1.50. The van der Waals surface area contributed by atoms with Gasteiger partial charge in [0.2, 0.25) is 11.8 Å². The highest BCUT2D eigenvalue weighted by atomic mass is 35.5. The molecule has 0 saturated heterocycles. The van der Waals surface area contributed by atoms with Crippen LogP contribution in [0.4, 0.5) is 0 Å². The van der Waals surface area contributed by atoms with Crippen LogP contribution in [0.25, 0.3) is 0 Å². The van der Waals surface area contributed by atoms with Crippen LogP contribution in [0, 0.1) is 0 Å². The fraction of sp³-hybridized carbons (Fsp3) is 0.308. The lowest BCUT2D eigenvalue weighted by Gasteiger charge is -2.06. The van der Waals surface area contributed by atoms with Crippen molar-refractivity contribution in [3.8, 4) is 0 Å². The van der Waals surface area contributed by atoms with E-state index in [1.54, 1.807) is 18.2 Å². The van der Waals surface area contributed by atoms with E-state index < -0.39 is 5.91 Å². The second-order valence-electron chi connectivity index (χ2n) is 4.21. The topological polar surface area (TPSA) is 70.6 Å². The normalized spacial score (nSPS) is 10.7. The molecule has 0 aromatic heterocycles. The molecular formula is C13H16ClN3O2. The minimum absolute atomic E-state index is 0.00641. The van der Waals surface area contributed by atoms with Gasteiger partial charge in [-0.15, -0.1) is 0 Å². The van der Waals surface area contributed by atoms with E-state index in [-0.39, 0.29) is 18.4 Å². The first-order valence-corrected chi connectivity index (χ1v) is 6.22. The number of amides is 2. The Morgan fingerprint density at radius 1 is 1.32 bits per heavy atom. The van der Waals surface area contributed by atoms with E-state index in [1.165, 1.54) is 6.21 Å². The van der Waals surface area contributed by atoms with Crippen LogP contribution in [0.3, 0.4) is 0 Å². The van der Waals surface area contributed by atoms with Crippen LogP contribution in [0.15, 0.2) is 29.4 Å². The molecule has 19 heavy (non-hydrogen) atoms. The summed E-state index contributed by atoms with van der Waals surface area (Å²) >= 11 is 5.91. The summed E-state index contributed by atoms with van der Waals surface area (Å²) in [5.41, 5.74) is 2.96. The molecule has 2 amide bonds. The van der Waals surface area contributed by atoms with E-state index in [4.69, 9.17) is 11.6 Å². The Balaban J connectivity index is 2.42. The summed E-state index contributed by atoms with van der Waals surface area (Å²) in [6.07, 6.45) is 1.18. The van der Waals surface area contributed by atoms with Crippen molar-refractivity contribution in [2.24, 2.45) is 5.10 Å². The van der Waals surface area contributed by atoms with Gasteiger partial charge in [-0.3, -0.25) is 9.59 Å². The van der Waals surface area contributed by atoms with Crippen molar-refractivity contribution in [2.75, 3.05) is 0 Å². The fourth-order valence-electron chi connectivity index (χ4n) is 1.31. The summed E-state index contributed by atoms with van der Waals surface area (Å²) in [6, 6.07) is 7.11. The Kier molecular flexibility index (Phi) is 6.02. The van der Waals surface area contributed by atoms with Crippen LogP contribution in [0.5, 0.6) is 0 Å². The first-order chi connectivity index (χ1) is 8.99. The molecule has 0 fully saturated rings.